The van der Waals surface area contributed by atoms with E-state index in [-0.39, 0.29) is 18.4 Å². The van der Waals surface area contributed by atoms with Crippen molar-refractivity contribution < 1.29 is 34.1 Å². The molecule has 1 aliphatic rings. The van der Waals surface area contributed by atoms with Crippen molar-refractivity contribution in [1.82, 2.24) is 10.2 Å². The first-order valence-corrected chi connectivity index (χ1v) is 6.44. The monoisotopic (exact) mass is 314 g/mol. The number of nitrogens with zero attached hydrogens (tertiary/aromatic N) is 1. The van der Waals surface area contributed by atoms with Crippen LogP contribution in [-0.4, -0.2) is 64.1 Å². The zero-order chi connectivity index (χ0) is 17.1. The van der Waals surface area contributed by atoms with Crippen LogP contribution in [0.1, 0.15) is 20.8 Å². The van der Waals surface area contributed by atoms with Gasteiger partial charge < -0.3 is 25.2 Å². The Morgan fingerprint density at radius 2 is 2.00 bits per heavy atom. The molecule has 0 saturated carbocycles. The van der Waals surface area contributed by atoms with Gasteiger partial charge in [-0.2, -0.15) is 0 Å². The molecule has 122 valence electrons. The zero-order valence-corrected chi connectivity index (χ0v) is 12.5. The molecule has 0 saturated heterocycles. The summed E-state index contributed by atoms with van der Waals surface area (Å²) in [5.74, 6) is -3.09. The highest BCUT2D eigenvalue weighted by Gasteiger charge is 2.40. The van der Waals surface area contributed by atoms with Crippen molar-refractivity contribution in [2.45, 2.75) is 32.4 Å². The van der Waals surface area contributed by atoms with Gasteiger partial charge in [-0.05, 0) is 20.8 Å². The second-order valence-corrected chi connectivity index (χ2v) is 5.65. The number of carbonyl (C=O) groups is 4. The average molecular weight is 314 g/mol. The van der Waals surface area contributed by atoms with Crippen molar-refractivity contribution >= 4 is 24.3 Å². The second-order valence-electron chi connectivity index (χ2n) is 5.65. The molecular weight excluding hydrogens is 296 g/mol. The molecule has 1 unspecified atom stereocenters. The highest BCUT2D eigenvalue weighted by Crippen LogP contribution is 2.22. The number of rotatable bonds is 5. The van der Waals surface area contributed by atoms with Crippen molar-refractivity contribution in [1.29, 1.82) is 0 Å². The number of hydrogen-bond donors (Lipinski definition) is 3. The summed E-state index contributed by atoms with van der Waals surface area (Å²) in [7, 11) is 0. The Morgan fingerprint density at radius 1 is 1.41 bits per heavy atom. The lowest BCUT2D eigenvalue weighted by atomic mass is 10.1. The van der Waals surface area contributed by atoms with Gasteiger partial charge >= 0.3 is 12.1 Å². The van der Waals surface area contributed by atoms with Crippen LogP contribution in [-0.2, 0) is 19.1 Å². The quantitative estimate of drug-likeness (QED) is 0.599. The highest BCUT2D eigenvalue weighted by molar-refractivity contribution is 6.03. The molecule has 0 aromatic rings. The summed E-state index contributed by atoms with van der Waals surface area (Å²) in [4.78, 5) is 45.9. The summed E-state index contributed by atoms with van der Waals surface area (Å²) in [5.41, 5.74) is -1.01. The van der Waals surface area contributed by atoms with Crippen LogP contribution >= 0.6 is 0 Å². The van der Waals surface area contributed by atoms with Crippen molar-refractivity contribution in [2.24, 2.45) is 0 Å². The first-order valence-electron chi connectivity index (χ1n) is 6.44. The van der Waals surface area contributed by atoms with E-state index in [9.17, 15) is 24.3 Å². The Morgan fingerprint density at radius 3 is 2.45 bits per heavy atom. The number of aliphatic hydroxyl groups excluding tert-OH is 1. The number of aliphatic carboxylic acids is 1. The molecule has 22 heavy (non-hydrogen) atoms. The first-order chi connectivity index (χ1) is 10.1. The SMILES string of the molecule is CC(C)(C)OC(=O)NCC1C(C=O)=C(O)C(=O)N1CC(=O)O. The van der Waals surface area contributed by atoms with Gasteiger partial charge in [-0.1, -0.05) is 0 Å². The lowest BCUT2D eigenvalue weighted by Gasteiger charge is -2.25. The number of hydrogen-bond acceptors (Lipinski definition) is 6. The molecule has 1 atom stereocenters. The molecule has 9 nitrogen and oxygen atoms in total. The lowest BCUT2D eigenvalue weighted by molar-refractivity contribution is -0.143. The van der Waals surface area contributed by atoms with Gasteiger partial charge in [0.15, 0.2) is 12.0 Å². The maximum Gasteiger partial charge on any atom is 0.407 e. The van der Waals surface area contributed by atoms with Gasteiger partial charge in [0.2, 0.25) is 0 Å². The predicted octanol–water partition coefficient (Wildman–Crippen LogP) is -0.182. The zero-order valence-electron chi connectivity index (χ0n) is 12.5. The van der Waals surface area contributed by atoms with Crippen LogP contribution < -0.4 is 5.32 Å². The number of carboxylic acid groups (broad SMARTS) is 1. The van der Waals surface area contributed by atoms with Gasteiger partial charge in [0, 0.05) is 6.54 Å². The van der Waals surface area contributed by atoms with E-state index in [0.29, 0.717) is 0 Å². The van der Waals surface area contributed by atoms with Crippen molar-refractivity contribution in [2.75, 3.05) is 13.1 Å². The third-order valence-corrected chi connectivity index (χ3v) is 2.74. The number of alkyl carbamates (subject to hydrolysis) is 1. The number of amides is 2. The topological polar surface area (TPSA) is 133 Å². The lowest BCUT2D eigenvalue weighted by Crippen LogP contribution is -2.47. The van der Waals surface area contributed by atoms with Crippen LogP contribution in [0.15, 0.2) is 11.3 Å². The summed E-state index contributed by atoms with van der Waals surface area (Å²) >= 11 is 0. The molecule has 3 N–H and O–H groups in total. The molecule has 1 aliphatic heterocycles. The minimum Gasteiger partial charge on any atom is -0.503 e. The second kappa shape index (κ2) is 6.46. The predicted molar refractivity (Wildman–Crippen MR) is 73.1 cm³/mol. The summed E-state index contributed by atoms with van der Waals surface area (Å²) < 4.78 is 5.00. The maximum atomic E-state index is 11.7. The molecule has 1 heterocycles. The molecule has 0 aliphatic carbocycles. The molecule has 0 radical (unpaired) electrons. The molecule has 1 rings (SSSR count). The molecular formula is C13H18N2O7. The van der Waals surface area contributed by atoms with Crippen LogP contribution in [0.4, 0.5) is 4.79 Å². The van der Waals surface area contributed by atoms with E-state index in [4.69, 9.17) is 9.84 Å². The molecule has 0 aromatic heterocycles. The van der Waals surface area contributed by atoms with Crippen LogP contribution in [0.3, 0.4) is 0 Å². The number of carbonyl (C=O) groups excluding carboxylic acids is 3. The molecule has 0 aromatic carbocycles. The minimum absolute atomic E-state index is 0.258. The van der Waals surface area contributed by atoms with Gasteiger partial charge in [-0.25, -0.2) is 4.79 Å². The van der Waals surface area contributed by atoms with E-state index < -0.39 is 41.9 Å². The first kappa shape index (κ1) is 17.5. The fraction of sp³-hybridized carbons (Fsp3) is 0.538. The maximum absolute atomic E-state index is 11.7. The summed E-state index contributed by atoms with van der Waals surface area (Å²) in [6.07, 6.45) is -0.525. The molecule has 0 bridgehead atoms. The number of ether oxygens (including phenoxy) is 1. The Labute approximate surface area is 126 Å². The third-order valence-electron chi connectivity index (χ3n) is 2.74. The van der Waals surface area contributed by atoms with E-state index >= 15 is 0 Å². The average Bonchev–Trinajstić information content (AvgIpc) is 2.58. The summed E-state index contributed by atoms with van der Waals surface area (Å²) in [6.45, 7) is 4.01. The Hall–Kier alpha value is -2.58. The molecule has 0 fully saturated rings. The van der Waals surface area contributed by atoms with Crippen molar-refractivity contribution in [3.05, 3.63) is 11.3 Å². The van der Waals surface area contributed by atoms with Gasteiger partial charge in [0.1, 0.15) is 12.1 Å². The molecule has 0 spiro atoms. The molecule has 2 amide bonds. The highest BCUT2D eigenvalue weighted by atomic mass is 16.6. The number of carboxylic acids is 1. The number of nitrogens with one attached hydrogen (secondary N) is 1. The van der Waals surface area contributed by atoms with Gasteiger partial charge in [-0.3, -0.25) is 14.4 Å². The van der Waals surface area contributed by atoms with Crippen LogP contribution in [0.25, 0.3) is 0 Å². The number of aliphatic hydroxyl groups is 1. The van der Waals surface area contributed by atoms with Crippen LogP contribution in [0.2, 0.25) is 0 Å². The Kier molecular flexibility index (Phi) is 5.13. The Balaban J connectivity index is 2.83. The standard InChI is InChI=1S/C13H18N2O7/c1-13(2,3)22-12(21)14-4-8-7(6-16)10(19)11(20)15(8)5-9(17)18/h6,8,19H,4-5H2,1-3H3,(H,14,21)(H,17,18). The van der Waals surface area contributed by atoms with Crippen LogP contribution in [0.5, 0.6) is 0 Å². The summed E-state index contributed by atoms with van der Waals surface area (Å²) in [6, 6.07) is -1.06. The van der Waals surface area contributed by atoms with E-state index in [1.165, 1.54) is 0 Å². The van der Waals surface area contributed by atoms with E-state index in [0.717, 1.165) is 4.90 Å². The van der Waals surface area contributed by atoms with E-state index in [1.54, 1.807) is 20.8 Å². The smallest absolute Gasteiger partial charge is 0.407 e. The van der Waals surface area contributed by atoms with Gasteiger partial charge in [-0.15, -0.1) is 0 Å². The van der Waals surface area contributed by atoms with Gasteiger partial charge in [0.25, 0.3) is 5.91 Å². The fourth-order valence-electron chi connectivity index (χ4n) is 1.90. The fourth-order valence-corrected chi connectivity index (χ4v) is 1.90. The van der Waals surface area contributed by atoms with E-state index in [2.05, 4.69) is 5.32 Å². The molecule has 9 heteroatoms. The Bertz CT molecular complexity index is 533. The third kappa shape index (κ3) is 4.21. The number of aldehydes is 1. The minimum atomic E-state index is -1.31. The largest absolute Gasteiger partial charge is 0.503 e. The summed E-state index contributed by atoms with van der Waals surface area (Å²) in [5, 5.41) is 20.7. The van der Waals surface area contributed by atoms with Crippen molar-refractivity contribution in [3.8, 4) is 0 Å². The van der Waals surface area contributed by atoms with Crippen molar-refractivity contribution in [3.63, 3.8) is 0 Å². The normalized spacial score (nSPS) is 18.4. The van der Waals surface area contributed by atoms with Crippen LogP contribution in [0, 0.1) is 0 Å². The van der Waals surface area contributed by atoms with Gasteiger partial charge in [0.05, 0.1) is 11.6 Å². The van der Waals surface area contributed by atoms with E-state index in [1.807, 2.05) is 0 Å².